The van der Waals surface area contributed by atoms with Crippen LogP contribution in [0.25, 0.3) is 0 Å². The number of nitrogens with one attached hydrogen (secondary N) is 1. The van der Waals surface area contributed by atoms with Crippen LogP contribution in [0.3, 0.4) is 0 Å². The first-order chi connectivity index (χ1) is 9.02. The number of amides is 2. The Labute approximate surface area is 112 Å². The number of nitrogens with zero attached hydrogens (tertiary/aromatic N) is 1. The van der Waals surface area contributed by atoms with Crippen LogP contribution in [0.1, 0.15) is 31.9 Å². The molecular formula is C14H19N3O2. The number of imide groups is 1. The molecule has 0 saturated carbocycles. The first kappa shape index (κ1) is 13.5. The number of piperazine rings is 1. The lowest BCUT2D eigenvalue weighted by Crippen LogP contribution is -2.58. The zero-order valence-corrected chi connectivity index (χ0v) is 11.2. The lowest BCUT2D eigenvalue weighted by Gasteiger charge is -2.35. The number of carbonyl (C=O) groups is 2. The third kappa shape index (κ3) is 2.76. The van der Waals surface area contributed by atoms with Crippen LogP contribution in [0.2, 0.25) is 0 Å². The van der Waals surface area contributed by atoms with E-state index in [1.165, 1.54) is 0 Å². The summed E-state index contributed by atoms with van der Waals surface area (Å²) in [6.07, 6.45) is 0.661. The summed E-state index contributed by atoms with van der Waals surface area (Å²) < 4.78 is 0. The Hall–Kier alpha value is -1.88. The van der Waals surface area contributed by atoms with E-state index in [9.17, 15) is 9.59 Å². The number of hydrogen-bond acceptors (Lipinski definition) is 4. The molecule has 1 heterocycles. The Bertz CT molecular complexity index is 482. The van der Waals surface area contributed by atoms with E-state index in [0.717, 1.165) is 11.3 Å². The molecule has 2 rings (SSSR count). The van der Waals surface area contributed by atoms with Crippen molar-refractivity contribution in [3.63, 3.8) is 0 Å². The molecule has 2 amide bonds. The van der Waals surface area contributed by atoms with E-state index >= 15 is 0 Å². The van der Waals surface area contributed by atoms with E-state index < -0.39 is 0 Å². The van der Waals surface area contributed by atoms with Crippen molar-refractivity contribution < 1.29 is 9.59 Å². The molecule has 19 heavy (non-hydrogen) atoms. The van der Waals surface area contributed by atoms with Crippen LogP contribution in [0, 0.1) is 0 Å². The lowest BCUT2D eigenvalue weighted by atomic mass is 10.1. The van der Waals surface area contributed by atoms with Crippen LogP contribution in [0.4, 0.5) is 5.69 Å². The average Bonchev–Trinajstić information content (AvgIpc) is 2.38. The van der Waals surface area contributed by atoms with Crippen molar-refractivity contribution >= 4 is 17.5 Å². The van der Waals surface area contributed by atoms with Gasteiger partial charge in [-0.15, -0.1) is 0 Å². The van der Waals surface area contributed by atoms with Crippen molar-refractivity contribution in [1.29, 1.82) is 0 Å². The maximum atomic E-state index is 11.8. The highest BCUT2D eigenvalue weighted by atomic mass is 16.2. The van der Waals surface area contributed by atoms with Crippen LogP contribution in [0.15, 0.2) is 24.3 Å². The number of rotatable bonds is 3. The van der Waals surface area contributed by atoms with Gasteiger partial charge < -0.3 is 10.6 Å². The van der Waals surface area contributed by atoms with E-state index in [1.54, 1.807) is 0 Å². The Balaban J connectivity index is 2.27. The van der Waals surface area contributed by atoms with E-state index in [1.807, 2.05) is 43.0 Å². The summed E-state index contributed by atoms with van der Waals surface area (Å²) in [7, 11) is 0. The summed E-state index contributed by atoms with van der Waals surface area (Å²) in [5.41, 5.74) is 7.71. The fourth-order valence-corrected chi connectivity index (χ4v) is 2.31. The van der Waals surface area contributed by atoms with E-state index in [0.29, 0.717) is 6.42 Å². The van der Waals surface area contributed by atoms with Gasteiger partial charge in [0.25, 0.3) is 0 Å². The van der Waals surface area contributed by atoms with Crippen LogP contribution in [-0.2, 0) is 9.59 Å². The van der Waals surface area contributed by atoms with Gasteiger partial charge in [0, 0.05) is 11.7 Å². The van der Waals surface area contributed by atoms with Crippen molar-refractivity contribution in [2.24, 2.45) is 5.73 Å². The van der Waals surface area contributed by atoms with Gasteiger partial charge in [-0.1, -0.05) is 19.1 Å². The average molecular weight is 261 g/mol. The Morgan fingerprint density at radius 3 is 2.53 bits per heavy atom. The standard InChI is InChI=1S/C14H19N3O2/c1-3-12-14(19)16-13(18)8-17(12)11-6-4-10(5-7-11)9(2)15/h4-7,9,12H,3,8,15H2,1-2H3,(H,16,18,19). The monoisotopic (exact) mass is 261 g/mol. The predicted octanol–water partition coefficient (Wildman–Crippen LogP) is 0.948. The molecule has 3 N–H and O–H groups in total. The molecule has 0 aliphatic carbocycles. The number of hydrogen-bond donors (Lipinski definition) is 2. The van der Waals surface area contributed by atoms with Gasteiger partial charge in [-0.05, 0) is 31.0 Å². The Morgan fingerprint density at radius 1 is 1.37 bits per heavy atom. The van der Waals surface area contributed by atoms with E-state index in [-0.39, 0.29) is 30.4 Å². The highest BCUT2D eigenvalue weighted by molar-refractivity contribution is 6.04. The predicted molar refractivity (Wildman–Crippen MR) is 73.6 cm³/mol. The van der Waals surface area contributed by atoms with Gasteiger partial charge in [-0.25, -0.2) is 0 Å². The molecule has 2 atom stereocenters. The highest BCUT2D eigenvalue weighted by Crippen LogP contribution is 2.22. The Kier molecular flexibility index (Phi) is 3.85. The highest BCUT2D eigenvalue weighted by Gasteiger charge is 2.32. The van der Waals surface area contributed by atoms with Crippen molar-refractivity contribution in [2.75, 3.05) is 11.4 Å². The smallest absolute Gasteiger partial charge is 0.249 e. The Morgan fingerprint density at radius 2 is 2.00 bits per heavy atom. The van der Waals surface area contributed by atoms with Gasteiger partial charge >= 0.3 is 0 Å². The molecule has 1 aromatic carbocycles. The summed E-state index contributed by atoms with van der Waals surface area (Å²) in [5.74, 6) is -0.485. The summed E-state index contributed by atoms with van der Waals surface area (Å²) in [6, 6.07) is 7.37. The van der Waals surface area contributed by atoms with Gasteiger partial charge in [0.2, 0.25) is 11.8 Å². The number of carbonyl (C=O) groups excluding carboxylic acids is 2. The third-order valence-electron chi connectivity index (χ3n) is 3.39. The zero-order valence-electron chi connectivity index (χ0n) is 11.2. The summed E-state index contributed by atoms with van der Waals surface area (Å²) in [6.45, 7) is 4.06. The summed E-state index contributed by atoms with van der Waals surface area (Å²) in [4.78, 5) is 25.1. The fourth-order valence-electron chi connectivity index (χ4n) is 2.31. The maximum absolute atomic E-state index is 11.8. The molecule has 1 aliphatic heterocycles. The topological polar surface area (TPSA) is 75.4 Å². The minimum absolute atomic E-state index is 0.0256. The number of benzene rings is 1. The summed E-state index contributed by atoms with van der Waals surface area (Å²) in [5, 5.41) is 2.37. The van der Waals surface area contributed by atoms with Crippen LogP contribution in [-0.4, -0.2) is 24.4 Å². The van der Waals surface area contributed by atoms with E-state index in [2.05, 4.69) is 5.32 Å². The first-order valence-electron chi connectivity index (χ1n) is 6.48. The molecule has 0 spiro atoms. The van der Waals surface area contributed by atoms with E-state index in [4.69, 9.17) is 5.73 Å². The molecule has 5 heteroatoms. The van der Waals surface area contributed by atoms with Crippen molar-refractivity contribution in [2.45, 2.75) is 32.4 Å². The number of anilines is 1. The normalized spacial score (nSPS) is 21.2. The maximum Gasteiger partial charge on any atom is 0.249 e. The van der Waals surface area contributed by atoms with Gasteiger partial charge in [-0.3, -0.25) is 14.9 Å². The lowest BCUT2D eigenvalue weighted by molar-refractivity contribution is -0.132. The SMILES string of the molecule is CCC1C(=O)NC(=O)CN1c1ccc(C(C)N)cc1. The molecule has 1 saturated heterocycles. The molecule has 2 unspecified atom stereocenters. The van der Waals surface area contributed by atoms with Crippen molar-refractivity contribution in [1.82, 2.24) is 5.32 Å². The van der Waals surface area contributed by atoms with Crippen LogP contribution < -0.4 is 16.0 Å². The quantitative estimate of drug-likeness (QED) is 0.794. The number of nitrogens with two attached hydrogens (primary N) is 1. The molecular weight excluding hydrogens is 242 g/mol. The van der Waals surface area contributed by atoms with Crippen LogP contribution >= 0.6 is 0 Å². The molecule has 1 fully saturated rings. The van der Waals surface area contributed by atoms with Crippen molar-refractivity contribution in [3.05, 3.63) is 29.8 Å². The molecule has 5 nitrogen and oxygen atoms in total. The van der Waals surface area contributed by atoms with Crippen LogP contribution in [0.5, 0.6) is 0 Å². The second-order valence-electron chi connectivity index (χ2n) is 4.84. The second-order valence-corrected chi connectivity index (χ2v) is 4.84. The molecule has 0 aromatic heterocycles. The minimum Gasteiger partial charge on any atom is -0.350 e. The second kappa shape index (κ2) is 5.40. The molecule has 1 aromatic rings. The first-order valence-corrected chi connectivity index (χ1v) is 6.48. The summed E-state index contributed by atoms with van der Waals surface area (Å²) >= 11 is 0. The van der Waals surface area contributed by atoms with Gasteiger partial charge in [0.05, 0.1) is 6.54 Å². The zero-order chi connectivity index (χ0) is 14.0. The fraction of sp³-hybridized carbons (Fsp3) is 0.429. The van der Waals surface area contributed by atoms with Gasteiger partial charge in [0.1, 0.15) is 6.04 Å². The van der Waals surface area contributed by atoms with Gasteiger partial charge in [-0.2, -0.15) is 0 Å². The largest absolute Gasteiger partial charge is 0.350 e. The molecule has 0 radical (unpaired) electrons. The molecule has 102 valence electrons. The van der Waals surface area contributed by atoms with Gasteiger partial charge in [0.15, 0.2) is 0 Å². The van der Waals surface area contributed by atoms with Crippen molar-refractivity contribution in [3.8, 4) is 0 Å². The third-order valence-corrected chi connectivity index (χ3v) is 3.39. The molecule has 0 bridgehead atoms. The molecule has 1 aliphatic rings. The minimum atomic E-state index is -0.293.